The Morgan fingerprint density at radius 2 is 2.25 bits per heavy atom. The van der Waals surface area contributed by atoms with Gasteiger partial charge in [-0.1, -0.05) is 29.8 Å². The number of carbonyl (C=O) groups excluding carboxylic acids is 1. The van der Waals surface area contributed by atoms with E-state index in [4.69, 9.17) is 4.74 Å². The number of nitrogens with zero attached hydrogens (tertiary/aromatic N) is 3. The first-order chi connectivity index (χ1) is 9.54. The van der Waals surface area contributed by atoms with Crippen LogP contribution in [0.3, 0.4) is 0 Å². The molecular weight excluding hydrogens is 322 g/mol. The van der Waals surface area contributed by atoms with Crippen LogP contribution in [0, 0.1) is 0 Å². The first kappa shape index (κ1) is 14.7. The van der Waals surface area contributed by atoms with E-state index < -0.39 is 0 Å². The molecule has 106 valence electrons. The minimum atomic E-state index is -0.350. The van der Waals surface area contributed by atoms with E-state index in [0.29, 0.717) is 18.0 Å². The molecule has 2 heterocycles. The first-order valence-electron chi connectivity index (χ1n) is 6.41. The van der Waals surface area contributed by atoms with E-state index in [1.807, 2.05) is 26.0 Å². The molecule has 0 aromatic carbocycles. The summed E-state index contributed by atoms with van der Waals surface area (Å²) in [4.78, 5) is 16.3. The normalized spacial score (nSPS) is 10.8. The van der Waals surface area contributed by atoms with Gasteiger partial charge in [-0.25, -0.2) is 14.5 Å². The number of carbonyl (C=O) groups is 1. The predicted octanol–water partition coefficient (Wildman–Crippen LogP) is 3.33. The van der Waals surface area contributed by atoms with Crippen molar-refractivity contribution in [2.45, 2.75) is 26.7 Å². The SMILES string of the molecule is CCOC(=O)c1cnn(-c2cc(Br)ccn2)c1C(C)C. The standard InChI is InChI=1S/C14H16BrN3O2/c1-4-20-14(19)11-8-17-18(13(11)9(2)3)12-7-10(15)5-6-16-12/h5-9H,4H2,1-3H3. The Kier molecular flexibility index (Phi) is 4.54. The highest BCUT2D eigenvalue weighted by atomic mass is 79.9. The lowest BCUT2D eigenvalue weighted by atomic mass is 10.1. The van der Waals surface area contributed by atoms with E-state index in [1.165, 1.54) is 6.20 Å². The average molecular weight is 338 g/mol. The van der Waals surface area contributed by atoms with Crippen LogP contribution in [0.4, 0.5) is 0 Å². The van der Waals surface area contributed by atoms with Crippen LogP contribution in [0.5, 0.6) is 0 Å². The lowest BCUT2D eigenvalue weighted by Gasteiger charge is -2.11. The Bertz CT molecular complexity index is 623. The van der Waals surface area contributed by atoms with Crippen LogP contribution in [0.2, 0.25) is 0 Å². The molecule has 2 aromatic heterocycles. The molecule has 0 N–H and O–H groups in total. The highest BCUT2D eigenvalue weighted by Crippen LogP contribution is 2.24. The summed E-state index contributed by atoms with van der Waals surface area (Å²) >= 11 is 3.41. The zero-order chi connectivity index (χ0) is 14.7. The Labute approximate surface area is 126 Å². The second-order valence-corrected chi connectivity index (χ2v) is 5.48. The molecule has 0 unspecified atom stereocenters. The van der Waals surface area contributed by atoms with E-state index in [9.17, 15) is 4.79 Å². The maximum atomic E-state index is 12.0. The van der Waals surface area contributed by atoms with Crippen LogP contribution < -0.4 is 0 Å². The van der Waals surface area contributed by atoms with E-state index >= 15 is 0 Å². The average Bonchev–Trinajstić information content (AvgIpc) is 2.83. The number of pyridine rings is 1. The van der Waals surface area contributed by atoms with Crippen molar-refractivity contribution in [2.24, 2.45) is 0 Å². The molecule has 0 fully saturated rings. The predicted molar refractivity (Wildman–Crippen MR) is 79.1 cm³/mol. The highest BCUT2D eigenvalue weighted by Gasteiger charge is 2.22. The minimum Gasteiger partial charge on any atom is -0.462 e. The molecule has 2 rings (SSSR count). The zero-order valence-electron chi connectivity index (χ0n) is 11.6. The molecule has 6 heteroatoms. The molecule has 0 saturated carbocycles. The van der Waals surface area contributed by atoms with Crippen molar-refractivity contribution in [1.82, 2.24) is 14.8 Å². The third-order valence-electron chi connectivity index (χ3n) is 2.77. The molecule has 20 heavy (non-hydrogen) atoms. The highest BCUT2D eigenvalue weighted by molar-refractivity contribution is 9.10. The third-order valence-corrected chi connectivity index (χ3v) is 3.27. The van der Waals surface area contributed by atoms with Gasteiger partial charge in [-0.15, -0.1) is 0 Å². The second-order valence-electron chi connectivity index (χ2n) is 4.56. The largest absolute Gasteiger partial charge is 0.462 e. The Balaban J connectivity index is 2.52. The molecule has 2 aromatic rings. The molecule has 5 nitrogen and oxygen atoms in total. The van der Waals surface area contributed by atoms with Gasteiger partial charge in [0.25, 0.3) is 0 Å². The minimum absolute atomic E-state index is 0.123. The van der Waals surface area contributed by atoms with Crippen LogP contribution in [0.15, 0.2) is 29.0 Å². The number of aromatic nitrogens is 3. The maximum absolute atomic E-state index is 12.0. The second kappa shape index (κ2) is 6.17. The van der Waals surface area contributed by atoms with Crippen LogP contribution in [-0.4, -0.2) is 27.3 Å². The van der Waals surface area contributed by atoms with E-state index in [2.05, 4.69) is 26.0 Å². The summed E-state index contributed by atoms with van der Waals surface area (Å²) in [6, 6.07) is 3.70. The lowest BCUT2D eigenvalue weighted by molar-refractivity contribution is 0.0524. The van der Waals surface area contributed by atoms with Crippen LogP contribution in [-0.2, 0) is 4.74 Å². The molecule has 0 saturated heterocycles. The van der Waals surface area contributed by atoms with Gasteiger partial charge < -0.3 is 4.74 Å². The molecule has 0 atom stereocenters. The molecule has 0 spiro atoms. The fourth-order valence-electron chi connectivity index (χ4n) is 1.97. The van der Waals surface area contributed by atoms with Gasteiger partial charge in [0.1, 0.15) is 5.56 Å². The first-order valence-corrected chi connectivity index (χ1v) is 7.20. The summed E-state index contributed by atoms with van der Waals surface area (Å²) in [7, 11) is 0. The van der Waals surface area contributed by atoms with Crippen molar-refractivity contribution in [2.75, 3.05) is 6.61 Å². The van der Waals surface area contributed by atoms with Gasteiger partial charge in [-0.05, 0) is 25.0 Å². The number of hydrogen-bond acceptors (Lipinski definition) is 4. The molecule has 0 amide bonds. The van der Waals surface area contributed by atoms with Gasteiger partial charge in [0.2, 0.25) is 0 Å². The summed E-state index contributed by atoms with van der Waals surface area (Å²) < 4.78 is 7.66. The van der Waals surface area contributed by atoms with Crippen molar-refractivity contribution in [3.8, 4) is 5.82 Å². The van der Waals surface area contributed by atoms with E-state index in [1.54, 1.807) is 17.8 Å². The number of halogens is 1. The summed E-state index contributed by atoms with van der Waals surface area (Å²) in [5.41, 5.74) is 1.29. The third kappa shape index (κ3) is 2.90. The van der Waals surface area contributed by atoms with Crippen molar-refractivity contribution in [3.63, 3.8) is 0 Å². The molecular formula is C14H16BrN3O2. The number of hydrogen-bond donors (Lipinski definition) is 0. The molecule has 0 bridgehead atoms. The van der Waals surface area contributed by atoms with Crippen LogP contribution >= 0.6 is 15.9 Å². The van der Waals surface area contributed by atoms with Gasteiger partial charge in [-0.3, -0.25) is 0 Å². The summed E-state index contributed by atoms with van der Waals surface area (Å²) in [6.45, 7) is 6.15. The van der Waals surface area contributed by atoms with Crippen molar-refractivity contribution >= 4 is 21.9 Å². The molecule has 0 aliphatic heterocycles. The number of esters is 1. The maximum Gasteiger partial charge on any atom is 0.341 e. The Morgan fingerprint density at radius 1 is 1.50 bits per heavy atom. The quantitative estimate of drug-likeness (QED) is 0.803. The lowest BCUT2D eigenvalue weighted by Crippen LogP contribution is -2.11. The van der Waals surface area contributed by atoms with Crippen molar-refractivity contribution < 1.29 is 9.53 Å². The van der Waals surface area contributed by atoms with Gasteiger partial charge in [0, 0.05) is 10.7 Å². The van der Waals surface area contributed by atoms with Gasteiger partial charge in [0.05, 0.1) is 18.5 Å². The van der Waals surface area contributed by atoms with Crippen LogP contribution in [0.1, 0.15) is 42.7 Å². The zero-order valence-corrected chi connectivity index (χ0v) is 13.2. The molecule has 0 radical (unpaired) electrons. The summed E-state index contributed by atoms with van der Waals surface area (Å²) in [5.74, 6) is 0.439. The van der Waals surface area contributed by atoms with E-state index in [-0.39, 0.29) is 11.9 Å². The van der Waals surface area contributed by atoms with Crippen LogP contribution in [0.25, 0.3) is 5.82 Å². The van der Waals surface area contributed by atoms with Gasteiger partial charge >= 0.3 is 5.97 Å². The molecule has 0 aliphatic rings. The summed E-state index contributed by atoms with van der Waals surface area (Å²) in [5, 5.41) is 4.28. The smallest absolute Gasteiger partial charge is 0.341 e. The van der Waals surface area contributed by atoms with Gasteiger partial charge in [0.15, 0.2) is 5.82 Å². The molecule has 0 aliphatic carbocycles. The van der Waals surface area contributed by atoms with Gasteiger partial charge in [-0.2, -0.15) is 5.10 Å². The number of rotatable bonds is 4. The monoisotopic (exact) mass is 337 g/mol. The van der Waals surface area contributed by atoms with Crippen molar-refractivity contribution in [1.29, 1.82) is 0 Å². The van der Waals surface area contributed by atoms with Crippen molar-refractivity contribution in [3.05, 3.63) is 40.3 Å². The number of ether oxygens (including phenoxy) is 1. The Morgan fingerprint density at radius 3 is 2.85 bits per heavy atom. The van der Waals surface area contributed by atoms with E-state index in [0.717, 1.165) is 10.2 Å². The topological polar surface area (TPSA) is 57.0 Å². The summed E-state index contributed by atoms with van der Waals surface area (Å²) in [6.07, 6.45) is 3.23. The Hall–Kier alpha value is -1.69. The fourth-order valence-corrected chi connectivity index (χ4v) is 2.29. The fraction of sp³-hybridized carbons (Fsp3) is 0.357.